The molecule has 7 nitrogen and oxygen atoms in total. The number of nitrogens with zero attached hydrogens (tertiary/aromatic N) is 5. The molecule has 2 heterocycles. The van der Waals surface area contributed by atoms with Gasteiger partial charge in [-0.25, -0.2) is 12.8 Å². The summed E-state index contributed by atoms with van der Waals surface area (Å²) in [5.41, 5.74) is 0.0908. The van der Waals surface area contributed by atoms with Crippen LogP contribution in [0.25, 0.3) is 0 Å². The van der Waals surface area contributed by atoms with Crippen molar-refractivity contribution in [1.82, 2.24) is 19.1 Å². The Kier molecular flexibility index (Phi) is 6.35. The van der Waals surface area contributed by atoms with Crippen LogP contribution in [0, 0.1) is 0 Å². The molecule has 0 bridgehead atoms. The van der Waals surface area contributed by atoms with Gasteiger partial charge in [0, 0.05) is 38.6 Å². The Hall–Kier alpha value is -2.00. The number of sulfonamides is 1. The van der Waals surface area contributed by atoms with Gasteiger partial charge in [-0.1, -0.05) is 37.3 Å². The lowest BCUT2D eigenvalue weighted by Gasteiger charge is -2.36. The maximum atomic E-state index is 14.9. The van der Waals surface area contributed by atoms with Crippen LogP contribution in [0.3, 0.4) is 0 Å². The second kappa shape index (κ2) is 8.86. The van der Waals surface area contributed by atoms with Gasteiger partial charge in [-0.15, -0.1) is 10.2 Å². The Morgan fingerprint density at radius 1 is 1.10 bits per heavy atom. The van der Waals surface area contributed by atoms with Crippen LogP contribution < -0.4 is 4.90 Å². The van der Waals surface area contributed by atoms with Crippen LogP contribution in [-0.2, 0) is 16.6 Å². The molecule has 0 N–H and O–H groups in total. The number of hydrogen-bond donors (Lipinski definition) is 0. The van der Waals surface area contributed by atoms with Crippen LogP contribution in [0.5, 0.6) is 0 Å². The first-order chi connectivity index (χ1) is 14.8. The monoisotopic (exact) mass is 449 g/mol. The van der Waals surface area contributed by atoms with E-state index in [0.29, 0.717) is 52.0 Å². The minimum absolute atomic E-state index is 0.0803. The van der Waals surface area contributed by atoms with E-state index in [1.807, 2.05) is 18.2 Å². The van der Waals surface area contributed by atoms with Gasteiger partial charge in [-0.05, 0) is 37.7 Å². The molecule has 1 unspecified atom stereocenters. The van der Waals surface area contributed by atoms with Gasteiger partial charge < -0.3 is 4.90 Å². The number of anilines is 1. The summed E-state index contributed by atoms with van der Waals surface area (Å²) in [6.45, 7) is 4.60. The van der Waals surface area contributed by atoms with Gasteiger partial charge in [-0.2, -0.15) is 4.31 Å². The average Bonchev–Trinajstić information content (AvgIpc) is 3.15. The van der Waals surface area contributed by atoms with Crippen LogP contribution >= 0.6 is 0 Å². The Labute approximate surface area is 184 Å². The first-order valence-corrected chi connectivity index (χ1v) is 13.0. The van der Waals surface area contributed by atoms with Crippen molar-refractivity contribution in [2.24, 2.45) is 0 Å². The summed E-state index contributed by atoms with van der Waals surface area (Å²) in [7, 11) is -3.20. The molecule has 0 radical (unpaired) electrons. The molecule has 9 heteroatoms. The number of hydrogen-bond acceptors (Lipinski definition) is 5. The third kappa shape index (κ3) is 4.77. The smallest absolute Gasteiger partial charge is 0.227 e. The number of aromatic nitrogens is 3. The molecule has 4 rings (SSSR count). The molecule has 1 saturated carbocycles. The SMILES string of the molecule is CCC(c1ccccc1)c1nnc(N2CCN(S(C)(=O)=O)CC2)n1CCC1(F)CCC1. The quantitative estimate of drug-likeness (QED) is 0.619. The van der Waals surface area contributed by atoms with Crippen molar-refractivity contribution in [3.05, 3.63) is 41.7 Å². The largest absolute Gasteiger partial charge is 0.338 e. The average molecular weight is 450 g/mol. The van der Waals surface area contributed by atoms with Gasteiger partial charge in [0.25, 0.3) is 0 Å². The lowest BCUT2D eigenvalue weighted by atomic mass is 9.79. The van der Waals surface area contributed by atoms with Crippen molar-refractivity contribution in [3.8, 4) is 0 Å². The highest BCUT2D eigenvalue weighted by Crippen LogP contribution is 2.40. The van der Waals surface area contributed by atoms with Gasteiger partial charge in [0.2, 0.25) is 16.0 Å². The molecular weight excluding hydrogens is 417 g/mol. The Morgan fingerprint density at radius 2 is 1.77 bits per heavy atom. The predicted molar refractivity (Wildman–Crippen MR) is 120 cm³/mol. The van der Waals surface area contributed by atoms with Gasteiger partial charge in [-0.3, -0.25) is 4.57 Å². The van der Waals surface area contributed by atoms with Crippen molar-refractivity contribution < 1.29 is 12.8 Å². The van der Waals surface area contributed by atoms with Gasteiger partial charge in [0.1, 0.15) is 11.5 Å². The van der Waals surface area contributed by atoms with Crippen LogP contribution in [0.2, 0.25) is 0 Å². The lowest BCUT2D eigenvalue weighted by Crippen LogP contribution is -2.49. The van der Waals surface area contributed by atoms with E-state index in [4.69, 9.17) is 0 Å². The molecule has 2 fully saturated rings. The van der Waals surface area contributed by atoms with E-state index in [1.54, 1.807) is 0 Å². The molecule has 1 saturated heterocycles. The third-order valence-corrected chi connectivity index (χ3v) is 8.01. The van der Waals surface area contributed by atoms with E-state index >= 15 is 0 Å². The normalized spacial score (nSPS) is 20.4. The second-order valence-corrected chi connectivity index (χ2v) is 10.8. The molecule has 1 atom stereocenters. The first kappa shape index (κ1) is 22.2. The number of halogens is 1. The standard InChI is InChI=1S/C22H32FN5O2S/c1-3-19(18-8-5-4-6-9-18)20-24-25-21(28(20)13-12-22(23)10-7-11-22)26-14-16-27(17-15-26)31(2,29)30/h4-6,8-9,19H,3,7,10-17H2,1-2H3. The molecule has 1 aromatic heterocycles. The maximum absolute atomic E-state index is 14.9. The summed E-state index contributed by atoms with van der Waals surface area (Å²) in [6.07, 6.45) is 4.78. The molecule has 1 aromatic carbocycles. The van der Waals surface area contributed by atoms with Crippen molar-refractivity contribution in [2.45, 2.75) is 57.2 Å². The molecule has 0 spiro atoms. The summed E-state index contributed by atoms with van der Waals surface area (Å²) in [4.78, 5) is 2.08. The van der Waals surface area contributed by atoms with Crippen molar-refractivity contribution in [3.63, 3.8) is 0 Å². The zero-order chi connectivity index (χ0) is 22.1. The van der Waals surface area contributed by atoms with E-state index in [0.717, 1.165) is 24.6 Å². The fourth-order valence-electron chi connectivity index (χ4n) is 4.61. The van der Waals surface area contributed by atoms with Gasteiger partial charge >= 0.3 is 0 Å². The van der Waals surface area contributed by atoms with Crippen LogP contribution in [-0.4, -0.2) is 65.6 Å². The highest BCUT2D eigenvalue weighted by molar-refractivity contribution is 7.88. The van der Waals surface area contributed by atoms with E-state index < -0.39 is 15.7 Å². The maximum Gasteiger partial charge on any atom is 0.227 e. The summed E-state index contributed by atoms with van der Waals surface area (Å²) < 4.78 is 42.2. The molecular formula is C22H32FN5O2S. The van der Waals surface area contributed by atoms with E-state index in [1.165, 1.54) is 16.1 Å². The molecule has 1 aliphatic heterocycles. The Morgan fingerprint density at radius 3 is 2.32 bits per heavy atom. The van der Waals surface area contributed by atoms with Gasteiger partial charge in [0.05, 0.1) is 6.26 Å². The first-order valence-electron chi connectivity index (χ1n) is 11.2. The van der Waals surface area contributed by atoms with Crippen LogP contribution in [0.15, 0.2) is 30.3 Å². The predicted octanol–water partition coefficient (Wildman–Crippen LogP) is 3.18. The molecule has 170 valence electrons. The minimum atomic E-state index is -3.20. The zero-order valence-corrected chi connectivity index (χ0v) is 19.2. The number of piperazine rings is 1. The fourth-order valence-corrected chi connectivity index (χ4v) is 5.43. The summed E-state index contributed by atoms with van der Waals surface area (Å²) in [5, 5.41) is 9.08. The van der Waals surface area contributed by atoms with E-state index in [-0.39, 0.29) is 5.92 Å². The number of rotatable bonds is 8. The fraction of sp³-hybridized carbons (Fsp3) is 0.636. The van der Waals surface area contributed by atoms with Crippen molar-refractivity contribution >= 4 is 16.0 Å². The molecule has 2 aromatic rings. The van der Waals surface area contributed by atoms with Crippen molar-refractivity contribution in [2.75, 3.05) is 37.3 Å². The summed E-state index contributed by atoms with van der Waals surface area (Å²) in [5.74, 6) is 1.66. The molecule has 0 amide bonds. The van der Waals surface area contributed by atoms with Crippen molar-refractivity contribution in [1.29, 1.82) is 0 Å². The lowest BCUT2D eigenvalue weighted by molar-refractivity contribution is 0.0489. The highest BCUT2D eigenvalue weighted by atomic mass is 32.2. The third-order valence-electron chi connectivity index (χ3n) is 6.71. The summed E-state index contributed by atoms with van der Waals surface area (Å²) >= 11 is 0. The van der Waals surface area contributed by atoms with Gasteiger partial charge in [0.15, 0.2) is 0 Å². The summed E-state index contributed by atoms with van der Waals surface area (Å²) in [6, 6.07) is 10.2. The Bertz CT molecular complexity index is 983. The topological polar surface area (TPSA) is 71.3 Å². The zero-order valence-electron chi connectivity index (χ0n) is 18.4. The highest BCUT2D eigenvalue weighted by Gasteiger charge is 2.37. The number of benzene rings is 1. The van der Waals surface area contributed by atoms with Crippen LogP contribution in [0.1, 0.15) is 56.3 Å². The second-order valence-electron chi connectivity index (χ2n) is 8.78. The van der Waals surface area contributed by atoms with E-state index in [9.17, 15) is 12.8 Å². The minimum Gasteiger partial charge on any atom is -0.338 e. The molecule has 31 heavy (non-hydrogen) atoms. The van der Waals surface area contributed by atoms with E-state index in [2.05, 4.69) is 38.7 Å². The molecule has 1 aliphatic carbocycles. The Balaban J connectivity index is 1.62. The van der Waals surface area contributed by atoms with Crippen LogP contribution in [0.4, 0.5) is 10.3 Å². The molecule has 2 aliphatic rings. The number of alkyl halides is 1.